The third kappa shape index (κ3) is 3.33. The van der Waals surface area contributed by atoms with Crippen molar-refractivity contribution in [2.24, 2.45) is 0 Å². The summed E-state index contributed by atoms with van der Waals surface area (Å²) in [4.78, 5) is 24.1. The van der Waals surface area contributed by atoms with Crippen LogP contribution in [0.5, 0.6) is 0 Å². The number of nitro groups is 1. The zero-order valence-electron chi connectivity index (χ0n) is 14.0. The molecule has 0 radical (unpaired) electrons. The average Bonchev–Trinajstić information content (AvgIpc) is 2.60. The van der Waals surface area contributed by atoms with E-state index in [2.05, 4.69) is 0 Å². The summed E-state index contributed by atoms with van der Waals surface area (Å²) < 4.78 is 0. The zero-order chi connectivity index (χ0) is 18.0. The Morgan fingerprint density at radius 1 is 0.880 bits per heavy atom. The van der Waals surface area contributed by atoms with Crippen molar-refractivity contribution in [2.45, 2.75) is 13.8 Å². The molecule has 0 atom stereocenters. The summed E-state index contributed by atoms with van der Waals surface area (Å²) in [6, 6.07) is 19.3. The molecule has 0 fully saturated rings. The third-order valence-electron chi connectivity index (χ3n) is 4.03. The number of carbonyl (C=O) groups is 1. The van der Waals surface area contributed by atoms with Gasteiger partial charge in [0.1, 0.15) is 5.56 Å². The first-order valence-electron chi connectivity index (χ1n) is 7.93. The Morgan fingerprint density at radius 3 is 2.12 bits per heavy atom. The number of hydrogen-bond acceptors (Lipinski definition) is 3. The van der Waals surface area contributed by atoms with Gasteiger partial charge in [-0.2, -0.15) is 0 Å². The Kier molecular flexibility index (Phi) is 4.44. The number of benzene rings is 3. The van der Waals surface area contributed by atoms with Crippen molar-refractivity contribution in [3.63, 3.8) is 0 Å². The Bertz CT molecular complexity index is 942. The number of ketones is 1. The molecule has 0 saturated heterocycles. The summed E-state index contributed by atoms with van der Waals surface area (Å²) in [5.74, 6) is -0.349. The van der Waals surface area contributed by atoms with Gasteiger partial charge in [-0.15, -0.1) is 0 Å². The van der Waals surface area contributed by atoms with Gasteiger partial charge in [0, 0.05) is 5.56 Å². The van der Waals surface area contributed by atoms with Crippen LogP contribution in [0.15, 0.2) is 66.7 Å². The van der Waals surface area contributed by atoms with E-state index in [-0.39, 0.29) is 17.0 Å². The van der Waals surface area contributed by atoms with Gasteiger partial charge >= 0.3 is 0 Å². The first-order valence-corrected chi connectivity index (χ1v) is 7.93. The topological polar surface area (TPSA) is 60.2 Å². The van der Waals surface area contributed by atoms with Crippen molar-refractivity contribution in [1.29, 1.82) is 0 Å². The summed E-state index contributed by atoms with van der Waals surface area (Å²) in [6.07, 6.45) is 0. The molecular weight excluding hydrogens is 314 g/mol. The normalized spacial score (nSPS) is 10.5. The monoisotopic (exact) mass is 331 g/mol. The second kappa shape index (κ2) is 6.69. The molecule has 0 aliphatic rings. The quantitative estimate of drug-likeness (QED) is 0.379. The average molecular weight is 331 g/mol. The van der Waals surface area contributed by atoms with E-state index in [1.165, 1.54) is 6.07 Å². The Morgan fingerprint density at radius 2 is 1.52 bits per heavy atom. The van der Waals surface area contributed by atoms with Crippen molar-refractivity contribution in [2.75, 3.05) is 0 Å². The molecule has 25 heavy (non-hydrogen) atoms. The summed E-state index contributed by atoms with van der Waals surface area (Å²) in [6.45, 7) is 3.89. The fraction of sp³-hybridized carbons (Fsp3) is 0.0952. The van der Waals surface area contributed by atoms with E-state index in [9.17, 15) is 14.9 Å². The van der Waals surface area contributed by atoms with E-state index in [0.717, 1.165) is 16.7 Å². The molecule has 0 aliphatic carbocycles. The van der Waals surface area contributed by atoms with Crippen LogP contribution in [0.2, 0.25) is 0 Å². The molecule has 0 aromatic heterocycles. The number of carbonyl (C=O) groups excluding carboxylic acids is 1. The lowest BCUT2D eigenvalue weighted by Gasteiger charge is -2.09. The maximum absolute atomic E-state index is 12.8. The second-order valence-electron chi connectivity index (χ2n) is 6.03. The summed E-state index contributed by atoms with van der Waals surface area (Å²) in [5, 5.41) is 11.8. The molecule has 0 N–H and O–H groups in total. The van der Waals surface area contributed by atoms with Gasteiger partial charge in [-0.05, 0) is 31.5 Å². The number of rotatable bonds is 4. The van der Waals surface area contributed by atoms with E-state index in [4.69, 9.17) is 0 Å². The van der Waals surface area contributed by atoms with Crippen LogP contribution in [-0.2, 0) is 0 Å². The summed E-state index contributed by atoms with van der Waals surface area (Å²) in [7, 11) is 0. The molecule has 3 aromatic rings. The first-order chi connectivity index (χ1) is 12.0. The molecule has 3 rings (SSSR count). The third-order valence-corrected chi connectivity index (χ3v) is 4.03. The highest BCUT2D eigenvalue weighted by atomic mass is 16.6. The molecule has 0 aliphatic heterocycles. The fourth-order valence-corrected chi connectivity index (χ4v) is 3.03. The Labute approximate surface area is 145 Å². The molecule has 0 bridgehead atoms. The van der Waals surface area contributed by atoms with Crippen molar-refractivity contribution in [1.82, 2.24) is 0 Å². The molecule has 0 unspecified atom stereocenters. The van der Waals surface area contributed by atoms with E-state index in [0.29, 0.717) is 11.1 Å². The van der Waals surface area contributed by atoms with Crippen LogP contribution in [0.1, 0.15) is 27.0 Å². The minimum absolute atomic E-state index is 0.104. The van der Waals surface area contributed by atoms with Gasteiger partial charge in [0.2, 0.25) is 0 Å². The van der Waals surface area contributed by atoms with Crippen molar-refractivity contribution >= 4 is 11.5 Å². The molecule has 124 valence electrons. The van der Waals surface area contributed by atoms with E-state index in [1.54, 1.807) is 42.5 Å². The lowest BCUT2D eigenvalue weighted by atomic mass is 9.94. The van der Waals surface area contributed by atoms with Crippen LogP contribution in [0, 0.1) is 24.0 Å². The van der Waals surface area contributed by atoms with Crippen molar-refractivity contribution < 1.29 is 9.72 Å². The number of nitro benzene ring substituents is 1. The van der Waals surface area contributed by atoms with Gasteiger partial charge in [0.25, 0.3) is 5.69 Å². The highest BCUT2D eigenvalue weighted by molar-refractivity contribution is 6.12. The first kappa shape index (κ1) is 16.6. The fourth-order valence-electron chi connectivity index (χ4n) is 3.03. The molecular formula is C21H17NO3. The van der Waals surface area contributed by atoms with Crippen LogP contribution >= 0.6 is 0 Å². The summed E-state index contributed by atoms with van der Waals surface area (Å²) in [5.41, 5.74) is 3.62. The van der Waals surface area contributed by atoms with Crippen molar-refractivity contribution in [3.8, 4) is 11.1 Å². The minimum atomic E-state index is -0.469. The molecule has 0 saturated carbocycles. The maximum Gasteiger partial charge on any atom is 0.288 e. The second-order valence-corrected chi connectivity index (χ2v) is 6.03. The molecule has 0 spiro atoms. The maximum atomic E-state index is 12.8. The largest absolute Gasteiger partial charge is 0.288 e. The molecule has 4 heteroatoms. The van der Waals surface area contributed by atoms with Gasteiger partial charge in [-0.25, -0.2) is 0 Å². The van der Waals surface area contributed by atoms with E-state index >= 15 is 0 Å². The molecule has 3 aromatic carbocycles. The Hall–Kier alpha value is -3.27. The van der Waals surface area contributed by atoms with Crippen LogP contribution < -0.4 is 0 Å². The predicted octanol–water partition coefficient (Wildman–Crippen LogP) is 5.11. The minimum Gasteiger partial charge on any atom is -0.288 e. The standard InChI is InChI=1S/C21H17NO3/c1-14-11-15(2)13-17(12-14)18-9-6-10-19(20(18)22(24)25)21(23)16-7-4-3-5-8-16/h3-13H,1-2H3. The smallest absolute Gasteiger partial charge is 0.288 e. The van der Waals surface area contributed by atoms with Crippen LogP contribution in [0.4, 0.5) is 5.69 Å². The molecule has 0 amide bonds. The number of hydrogen-bond donors (Lipinski definition) is 0. The Balaban J connectivity index is 2.22. The highest BCUT2D eigenvalue weighted by Crippen LogP contribution is 2.35. The SMILES string of the molecule is Cc1cc(C)cc(-c2cccc(C(=O)c3ccccc3)c2[N+](=O)[O-])c1. The van der Waals surface area contributed by atoms with Crippen LogP contribution in [0.3, 0.4) is 0 Å². The van der Waals surface area contributed by atoms with Crippen LogP contribution in [-0.4, -0.2) is 10.7 Å². The van der Waals surface area contributed by atoms with Gasteiger partial charge in [0.15, 0.2) is 5.78 Å². The highest BCUT2D eigenvalue weighted by Gasteiger charge is 2.26. The van der Waals surface area contributed by atoms with Gasteiger partial charge < -0.3 is 0 Å². The lowest BCUT2D eigenvalue weighted by molar-refractivity contribution is -0.384. The predicted molar refractivity (Wildman–Crippen MR) is 97.9 cm³/mol. The number of para-hydroxylation sites is 1. The van der Waals surface area contributed by atoms with Gasteiger partial charge in [0.05, 0.1) is 10.5 Å². The lowest BCUT2D eigenvalue weighted by Crippen LogP contribution is -2.06. The summed E-state index contributed by atoms with van der Waals surface area (Å²) >= 11 is 0. The van der Waals surface area contributed by atoms with E-state index < -0.39 is 4.92 Å². The molecule has 0 heterocycles. The molecule has 4 nitrogen and oxygen atoms in total. The van der Waals surface area contributed by atoms with Gasteiger partial charge in [-0.1, -0.05) is 65.7 Å². The van der Waals surface area contributed by atoms with Gasteiger partial charge in [-0.3, -0.25) is 14.9 Å². The number of aryl methyl sites for hydroxylation is 2. The van der Waals surface area contributed by atoms with Crippen LogP contribution in [0.25, 0.3) is 11.1 Å². The number of nitrogens with zero attached hydrogens (tertiary/aromatic N) is 1. The van der Waals surface area contributed by atoms with E-state index in [1.807, 2.05) is 32.0 Å². The zero-order valence-corrected chi connectivity index (χ0v) is 14.0. The van der Waals surface area contributed by atoms with Crippen molar-refractivity contribution in [3.05, 3.63) is 99.1 Å².